The topological polar surface area (TPSA) is 14.1 Å². The SMILES string of the molecule is CC(C)(C)[N-]C(C)(C)C.CC(C)c1ccc2[cH-]c3ccc(C(C)C)cc3c2c1.[Cl-].[Cl-].[Ti+4]. The van der Waals surface area contributed by atoms with Gasteiger partial charge in [0.15, 0.2) is 0 Å². The van der Waals surface area contributed by atoms with Crippen LogP contribution in [0.1, 0.15) is 92.2 Å². The number of benzene rings is 2. The molecule has 0 atom stereocenters. The third-order valence-corrected chi connectivity index (χ3v) is 4.76. The molecule has 0 aromatic heterocycles. The zero-order chi connectivity index (χ0) is 21.3. The molecule has 3 aromatic rings. The number of rotatable bonds is 2. The second kappa shape index (κ2) is 12.7. The van der Waals surface area contributed by atoms with Gasteiger partial charge in [-0.25, -0.2) is 0 Å². The van der Waals surface area contributed by atoms with Crippen LogP contribution in [0.25, 0.3) is 26.9 Å². The fourth-order valence-electron chi connectivity index (χ4n) is 3.76. The number of halogens is 2. The summed E-state index contributed by atoms with van der Waals surface area (Å²) in [4.78, 5) is 0. The third-order valence-electron chi connectivity index (χ3n) is 4.76. The van der Waals surface area contributed by atoms with Crippen LogP contribution in [0, 0.1) is 0 Å². The van der Waals surface area contributed by atoms with Crippen LogP contribution >= 0.6 is 0 Å². The van der Waals surface area contributed by atoms with Crippen molar-refractivity contribution in [1.29, 1.82) is 0 Å². The molecule has 4 heteroatoms. The van der Waals surface area contributed by atoms with Gasteiger partial charge >= 0.3 is 21.7 Å². The molecular weight excluding hydrogens is 457 g/mol. The molecule has 0 spiro atoms. The van der Waals surface area contributed by atoms with E-state index in [1.165, 1.54) is 32.7 Å². The maximum absolute atomic E-state index is 4.54. The summed E-state index contributed by atoms with van der Waals surface area (Å²) in [5, 5.41) is 10.1. The van der Waals surface area contributed by atoms with Crippen molar-refractivity contribution in [2.45, 2.75) is 92.2 Å². The second-order valence-electron chi connectivity index (χ2n) is 10.6. The average molecular weight is 496 g/mol. The van der Waals surface area contributed by atoms with Crippen molar-refractivity contribution >= 4 is 21.5 Å². The van der Waals surface area contributed by atoms with Crippen LogP contribution in [-0.2, 0) is 21.7 Å². The number of hydrogen-bond acceptors (Lipinski definition) is 0. The van der Waals surface area contributed by atoms with E-state index in [9.17, 15) is 0 Å². The number of nitrogens with zero attached hydrogens (tertiary/aromatic N) is 1. The van der Waals surface area contributed by atoms with Gasteiger partial charge in [0.05, 0.1) is 0 Å². The molecule has 3 rings (SSSR count). The molecule has 0 amide bonds. The Morgan fingerprint density at radius 3 is 1.19 bits per heavy atom. The molecular formula is C27H39Cl2NTi. The van der Waals surface area contributed by atoms with Crippen LogP contribution < -0.4 is 24.8 Å². The van der Waals surface area contributed by atoms with Gasteiger partial charge in [0.1, 0.15) is 0 Å². The predicted molar refractivity (Wildman–Crippen MR) is 128 cm³/mol. The van der Waals surface area contributed by atoms with Crippen molar-refractivity contribution < 1.29 is 46.5 Å². The molecule has 0 saturated heterocycles. The average Bonchev–Trinajstić information content (AvgIpc) is 2.88. The van der Waals surface area contributed by atoms with Gasteiger partial charge in [0, 0.05) is 0 Å². The van der Waals surface area contributed by atoms with Crippen LogP contribution in [-0.4, -0.2) is 11.1 Å². The van der Waals surface area contributed by atoms with E-state index < -0.39 is 0 Å². The van der Waals surface area contributed by atoms with E-state index in [0.29, 0.717) is 11.8 Å². The largest absolute Gasteiger partial charge is 4.00 e. The summed E-state index contributed by atoms with van der Waals surface area (Å²) in [5.74, 6) is 1.17. The molecule has 0 radical (unpaired) electrons. The van der Waals surface area contributed by atoms with E-state index in [-0.39, 0.29) is 57.6 Å². The van der Waals surface area contributed by atoms with Crippen LogP contribution in [0.15, 0.2) is 42.5 Å². The fourth-order valence-corrected chi connectivity index (χ4v) is 3.76. The van der Waals surface area contributed by atoms with Crippen molar-refractivity contribution in [2.24, 2.45) is 0 Å². The molecule has 1 nitrogen and oxygen atoms in total. The minimum atomic E-state index is 0. The van der Waals surface area contributed by atoms with Gasteiger partial charge in [-0.05, 0) is 11.8 Å². The van der Waals surface area contributed by atoms with E-state index in [0.717, 1.165) is 0 Å². The van der Waals surface area contributed by atoms with E-state index in [1.807, 2.05) is 0 Å². The van der Waals surface area contributed by atoms with Gasteiger partial charge in [-0.15, -0.1) is 50.8 Å². The maximum Gasteiger partial charge on any atom is 4.00 e. The zero-order valence-electron chi connectivity index (χ0n) is 20.9. The van der Waals surface area contributed by atoms with Crippen LogP contribution in [0.2, 0.25) is 0 Å². The van der Waals surface area contributed by atoms with Crippen molar-refractivity contribution in [3.63, 3.8) is 0 Å². The third kappa shape index (κ3) is 9.93. The van der Waals surface area contributed by atoms with Crippen LogP contribution in [0.3, 0.4) is 0 Å². The monoisotopic (exact) mass is 495 g/mol. The second-order valence-corrected chi connectivity index (χ2v) is 10.6. The quantitative estimate of drug-likeness (QED) is 0.383. The van der Waals surface area contributed by atoms with E-state index in [1.54, 1.807) is 0 Å². The molecule has 31 heavy (non-hydrogen) atoms. The fraction of sp³-hybridized carbons (Fsp3) is 0.519. The molecule has 0 bridgehead atoms. The van der Waals surface area contributed by atoms with E-state index in [2.05, 4.69) is 117 Å². The number of fused-ring (bicyclic) bond motifs is 3. The molecule has 0 saturated carbocycles. The minimum absolute atomic E-state index is 0. The standard InChI is InChI=1S/C19H21.C8H18N.2ClH.Ti/c1-12(2)14-5-7-16-9-17-8-6-15(13(3)4)11-19(17)18(16)10-14;1-7(2,3)9-8(4,5)6;;;/h5-13H,1-4H3;1-6H3;2*1H;/q2*-1;;;+4/p-2. The Labute approximate surface area is 218 Å². The summed E-state index contributed by atoms with van der Waals surface area (Å²) in [7, 11) is 0. The van der Waals surface area contributed by atoms with E-state index in [4.69, 9.17) is 0 Å². The Balaban J connectivity index is 0. The molecule has 0 N–H and O–H groups in total. The van der Waals surface area contributed by atoms with Crippen molar-refractivity contribution in [3.8, 4) is 0 Å². The normalized spacial score (nSPS) is 11.5. The first-order valence-corrected chi connectivity index (χ1v) is 10.6. The summed E-state index contributed by atoms with van der Waals surface area (Å²) in [6.07, 6.45) is 0. The molecule has 0 heterocycles. The van der Waals surface area contributed by atoms with Crippen molar-refractivity contribution in [3.05, 3.63) is 58.9 Å². The Bertz CT molecular complexity index is 854. The first kappa shape index (κ1) is 32.7. The van der Waals surface area contributed by atoms with Gasteiger partial charge in [-0.3, -0.25) is 0 Å². The predicted octanol–water partition coefficient (Wildman–Crippen LogP) is 2.92. The molecule has 0 aliphatic carbocycles. The Kier molecular flexibility index (Phi) is 13.4. The summed E-state index contributed by atoms with van der Waals surface area (Å²) in [6.45, 7) is 21.8. The molecule has 3 aromatic carbocycles. The summed E-state index contributed by atoms with van der Waals surface area (Å²) >= 11 is 0. The summed E-state index contributed by atoms with van der Waals surface area (Å²) in [5.41, 5.74) is 3.07. The Morgan fingerprint density at radius 2 is 0.968 bits per heavy atom. The molecule has 0 aliphatic rings. The first-order chi connectivity index (χ1) is 12.8. The maximum atomic E-state index is 4.54. The molecule has 0 aliphatic heterocycles. The van der Waals surface area contributed by atoms with Crippen molar-refractivity contribution in [2.75, 3.05) is 0 Å². The summed E-state index contributed by atoms with van der Waals surface area (Å²) in [6, 6.07) is 16.1. The molecule has 170 valence electrons. The van der Waals surface area contributed by atoms with Gasteiger partial charge in [0.2, 0.25) is 0 Å². The van der Waals surface area contributed by atoms with Gasteiger partial charge in [-0.2, -0.15) is 0 Å². The Morgan fingerprint density at radius 1 is 0.645 bits per heavy atom. The van der Waals surface area contributed by atoms with Gasteiger partial charge in [0.25, 0.3) is 0 Å². The molecule has 0 fully saturated rings. The van der Waals surface area contributed by atoms with Crippen LogP contribution in [0.5, 0.6) is 0 Å². The summed E-state index contributed by atoms with van der Waals surface area (Å²) < 4.78 is 0. The molecule has 0 unspecified atom stereocenters. The Hall–Kier alpha value is -0.436. The van der Waals surface area contributed by atoms with Crippen LogP contribution in [0.4, 0.5) is 0 Å². The first-order valence-electron chi connectivity index (χ1n) is 10.6. The number of hydrogen-bond donors (Lipinski definition) is 0. The van der Waals surface area contributed by atoms with Gasteiger partial charge in [-0.1, -0.05) is 105 Å². The van der Waals surface area contributed by atoms with E-state index >= 15 is 0 Å². The smallest absolute Gasteiger partial charge is 1.00 e. The van der Waals surface area contributed by atoms with Crippen molar-refractivity contribution in [1.82, 2.24) is 0 Å². The minimum Gasteiger partial charge on any atom is -1.00 e. The van der Waals surface area contributed by atoms with Gasteiger partial charge < -0.3 is 30.1 Å². The zero-order valence-corrected chi connectivity index (χ0v) is 24.0.